The fourth-order valence-corrected chi connectivity index (χ4v) is 4.04. The first-order chi connectivity index (χ1) is 15.9. The van der Waals surface area contributed by atoms with Gasteiger partial charge in [-0.2, -0.15) is 0 Å². The number of benzene rings is 2. The third kappa shape index (κ3) is 5.46. The van der Waals surface area contributed by atoms with E-state index in [9.17, 15) is 14.7 Å². The molecule has 0 spiro atoms. The summed E-state index contributed by atoms with van der Waals surface area (Å²) < 4.78 is 5.56. The zero-order valence-electron chi connectivity index (χ0n) is 19.0. The van der Waals surface area contributed by atoms with Gasteiger partial charge in [0.25, 0.3) is 11.7 Å². The standard InChI is InChI=1S/C26H29ClN2O4/c1-4-17-33-21-13-9-18(10-14-21)23-22(24(30)19-7-11-20(27)12-8-19)25(31)26(32)29(23)16-15-28(5-2)6-3/h4,7-14,23,30H,1,5-6,15-17H2,2-3H3. The number of Topliss-reactive ketones (excluding diaryl/α,β-unsaturated/α-hetero) is 1. The third-order valence-electron chi connectivity index (χ3n) is 5.77. The number of likely N-dealkylation sites (tertiary alicyclic amines) is 1. The quantitative estimate of drug-likeness (QED) is 0.237. The van der Waals surface area contributed by atoms with E-state index in [1.165, 1.54) is 0 Å². The second-order valence-electron chi connectivity index (χ2n) is 7.69. The van der Waals surface area contributed by atoms with Crippen LogP contribution in [0.4, 0.5) is 0 Å². The minimum Gasteiger partial charge on any atom is -0.507 e. The first-order valence-electron chi connectivity index (χ1n) is 11.0. The minimum atomic E-state index is -0.704. The van der Waals surface area contributed by atoms with E-state index in [-0.39, 0.29) is 11.3 Å². The largest absolute Gasteiger partial charge is 0.507 e. The molecule has 0 aromatic heterocycles. The predicted octanol–water partition coefficient (Wildman–Crippen LogP) is 4.67. The van der Waals surface area contributed by atoms with Crippen LogP contribution in [0.25, 0.3) is 5.76 Å². The number of carbonyl (C=O) groups is 2. The second-order valence-corrected chi connectivity index (χ2v) is 8.13. The van der Waals surface area contributed by atoms with Crippen molar-refractivity contribution in [2.24, 2.45) is 0 Å². The predicted molar refractivity (Wildman–Crippen MR) is 130 cm³/mol. The van der Waals surface area contributed by atoms with Crippen LogP contribution in [0.1, 0.15) is 31.0 Å². The molecule has 2 aromatic carbocycles. The number of rotatable bonds is 10. The minimum absolute atomic E-state index is 0.0710. The highest BCUT2D eigenvalue weighted by Gasteiger charge is 2.45. The molecular formula is C26H29ClN2O4. The summed E-state index contributed by atoms with van der Waals surface area (Å²) in [5, 5.41) is 11.6. The van der Waals surface area contributed by atoms with Crippen LogP contribution in [0, 0.1) is 0 Å². The van der Waals surface area contributed by atoms with Gasteiger partial charge in [0.05, 0.1) is 11.6 Å². The lowest BCUT2D eigenvalue weighted by atomic mass is 9.95. The molecule has 7 heteroatoms. The zero-order chi connectivity index (χ0) is 24.0. The highest BCUT2D eigenvalue weighted by atomic mass is 35.5. The summed E-state index contributed by atoms with van der Waals surface area (Å²) in [6, 6.07) is 13.0. The molecule has 1 N–H and O–H groups in total. The van der Waals surface area contributed by atoms with Gasteiger partial charge in [-0.1, -0.05) is 50.2 Å². The van der Waals surface area contributed by atoms with Crippen LogP contribution in [0.2, 0.25) is 5.02 Å². The SMILES string of the molecule is C=CCOc1ccc(C2C(=C(O)c3ccc(Cl)cc3)C(=O)C(=O)N2CCN(CC)CC)cc1. The van der Waals surface area contributed by atoms with Crippen molar-refractivity contribution in [3.63, 3.8) is 0 Å². The van der Waals surface area contributed by atoms with Crippen LogP contribution in [-0.2, 0) is 9.59 Å². The lowest BCUT2D eigenvalue weighted by Crippen LogP contribution is -2.38. The number of aliphatic hydroxyl groups excluding tert-OH is 1. The molecule has 3 rings (SSSR count). The summed E-state index contributed by atoms with van der Waals surface area (Å²) in [4.78, 5) is 29.9. The first kappa shape index (κ1) is 24.6. The Morgan fingerprint density at radius 3 is 2.33 bits per heavy atom. The summed E-state index contributed by atoms with van der Waals surface area (Å²) >= 11 is 5.98. The Bertz CT molecular complexity index is 1030. The summed E-state index contributed by atoms with van der Waals surface area (Å²) in [5.74, 6) is -0.877. The lowest BCUT2D eigenvalue weighted by Gasteiger charge is -2.28. The molecule has 2 aromatic rings. The molecule has 1 amide bonds. The van der Waals surface area contributed by atoms with Gasteiger partial charge >= 0.3 is 0 Å². The van der Waals surface area contributed by atoms with E-state index < -0.39 is 17.7 Å². The number of hydrogen-bond donors (Lipinski definition) is 1. The van der Waals surface area contributed by atoms with E-state index in [2.05, 4.69) is 25.3 Å². The zero-order valence-corrected chi connectivity index (χ0v) is 19.7. The summed E-state index contributed by atoms with van der Waals surface area (Å²) in [5.41, 5.74) is 1.22. The lowest BCUT2D eigenvalue weighted by molar-refractivity contribution is -0.140. The van der Waals surface area contributed by atoms with Gasteiger partial charge in [0.2, 0.25) is 0 Å². The Balaban J connectivity index is 2.05. The molecule has 174 valence electrons. The first-order valence-corrected chi connectivity index (χ1v) is 11.4. The number of nitrogens with zero attached hydrogens (tertiary/aromatic N) is 2. The van der Waals surface area contributed by atoms with Crippen LogP contribution >= 0.6 is 11.6 Å². The summed E-state index contributed by atoms with van der Waals surface area (Å²) in [6.07, 6.45) is 1.65. The molecule has 0 bridgehead atoms. The van der Waals surface area contributed by atoms with Gasteiger partial charge in [-0.25, -0.2) is 0 Å². The molecule has 1 fully saturated rings. The topological polar surface area (TPSA) is 70.1 Å². The van der Waals surface area contributed by atoms with Crippen LogP contribution in [0.15, 0.2) is 66.8 Å². The summed E-state index contributed by atoms with van der Waals surface area (Å²) in [6.45, 7) is 10.8. The van der Waals surface area contributed by atoms with Gasteiger partial charge < -0.3 is 19.6 Å². The molecular weight excluding hydrogens is 440 g/mol. The molecule has 33 heavy (non-hydrogen) atoms. The number of ketones is 1. The molecule has 6 nitrogen and oxygen atoms in total. The molecule has 1 heterocycles. The van der Waals surface area contributed by atoms with Gasteiger partial charge in [-0.3, -0.25) is 9.59 Å². The van der Waals surface area contributed by atoms with Gasteiger partial charge in [-0.15, -0.1) is 0 Å². The number of aliphatic hydroxyl groups is 1. The van der Waals surface area contributed by atoms with E-state index >= 15 is 0 Å². The van der Waals surface area contributed by atoms with Gasteiger partial charge in [0.1, 0.15) is 18.1 Å². The maximum atomic E-state index is 13.1. The van der Waals surface area contributed by atoms with Crippen LogP contribution < -0.4 is 4.74 Å². The number of likely N-dealkylation sites (N-methyl/N-ethyl adjacent to an activating group) is 1. The van der Waals surface area contributed by atoms with Crippen molar-refractivity contribution in [3.8, 4) is 5.75 Å². The average molecular weight is 469 g/mol. The van der Waals surface area contributed by atoms with Crippen molar-refractivity contribution < 1.29 is 19.4 Å². The van der Waals surface area contributed by atoms with Gasteiger partial charge in [0.15, 0.2) is 0 Å². The molecule has 0 radical (unpaired) electrons. The van der Waals surface area contributed by atoms with Crippen LogP contribution in [0.5, 0.6) is 5.75 Å². The number of carbonyl (C=O) groups excluding carboxylic acids is 2. The molecule has 1 unspecified atom stereocenters. The van der Waals surface area contributed by atoms with Crippen molar-refractivity contribution in [1.82, 2.24) is 9.80 Å². The van der Waals surface area contributed by atoms with E-state index in [0.29, 0.717) is 36.0 Å². The third-order valence-corrected chi connectivity index (χ3v) is 6.02. The van der Waals surface area contributed by atoms with Crippen LogP contribution in [-0.4, -0.2) is 59.4 Å². The van der Waals surface area contributed by atoms with Crippen molar-refractivity contribution in [2.75, 3.05) is 32.8 Å². The Hall–Kier alpha value is -3.09. The highest BCUT2D eigenvalue weighted by molar-refractivity contribution is 6.46. The fourth-order valence-electron chi connectivity index (χ4n) is 3.91. The second kappa shape index (κ2) is 11.2. The normalized spacial score (nSPS) is 17.6. The Kier molecular flexibility index (Phi) is 8.31. The van der Waals surface area contributed by atoms with Crippen molar-refractivity contribution in [2.45, 2.75) is 19.9 Å². The monoisotopic (exact) mass is 468 g/mol. The fraction of sp³-hybridized carbons (Fsp3) is 0.308. The number of hydrogen-bond acceptors (Lipinski definition) is 5. The van der Waals surface area contributed by atoms with Crippen LogP contribution in [0.3, 0.4) is 0 Å². The number of ether oxygens (including phenoxy) is 1. The number of amides is 1. The van der Waals surface area contributed by atoms with Crippen molar-refractivity contribution >= 4 is 29.1 Å². The van der Waals surface area contributed by atoms with Gasteiger partial charge in [0, 0.05) is 23.7 Å². The smallest absolute Gasteiger partial charge is 0.295 e. The molecule has 0 saturated carbocycles. The Morgan fingerprint density at radius 1 is 1.12 bits per heavy atom. The molecule has 1 atom stereocenters. The van der Waals surface area contributed by atoms with Crippen molar-refractivity contribution in [3.05, 3.63) is 82.9 Å². The van der Waals surface area contributed by atoms with Gasteiger partial charge in [-0.05, 0) is 55.1 Å². The van der Waals surface area contributed by atoms with E-state index in [0.717, 1.165) is 18.7 Å². The van der Waals surface area contributed by atoms with E-state index in [4.69, 9.17) is 16.3 Å². The summed E-state index contributed by atoms with van der Waals surface area (Å²) in [7, 11) is 0. The van der Waals surface area contributed by atoms with Crippen molar-refractivity contribution in [1.29, 1.82) is 0 Å². The number of halogens is 1. The average Bonchev–Trinajstić information content (AvgIpc) is 3.08. The Labute approximate surface area is 199 Å². The van der Waals surface area contributed by atoms with E-state index in [1.807, 2.05) is 12.1 Å². The Morgan fingerprint density at radius 2 is 1.76 bits per heavy atom. The maximum Gasteiger partial charge on any atom is 0.295 e. The molecule has 1 aliphatic heterocycles. The van der Waals surface area contributed by atoms with E-state index in [1.54, 1.807) is 47.4 Å². The molecule has 0 aliphatic carbocycles. The molecule has 1 saturated heterocycles. The molecule has 1 aliphatic rings. The maximum absolute atomic E-state index is 13.1. The highest BCUT2D eigenvalue weighted by Crippen LogP contribution is 2.39.